The summed E-state index contributed by atoms with van der Waals surface area (Å²) >= 11 is 0. The van der Waals surface area contributed by atoms with E-state index in [0.29, 0.717) is 22.8 Å². The average Bonchev–Trinajstić information content (AvgIpc) is 3.07. The summed E-state index contributed by atoms with van der Waals surface area (Å²) in [6, 6.07) is 11.2. The first-order valence-electron chi connectivity index (χ1n) is 8.06. The molecule has 26 heavy (non-hydrogen) atoms. The molecule has 2 aromatic carbocycles. The fourth-order valence-electron chi connectivity index (χ4n) is 2.97. The van der Waals surface area contributed by atoms with Crippen molar-refractivity contribution in [3.05, 3.63) is 48.0 Å². The van der Waals surface area contributed by atoms with Gasteiger partial charge in [0, 0.05) is 18.7 Å². The number of nitrogens with zero attached hydrogens (tertiary/aromatic N) is 1. The average molecular weight is 375 g/mol. The second kappa shape index (κ2) is 6.21. The number of carbonyl (C=O) groups excluding carboxylic acids is 1. The first kappa shape index (κ1) is 16.7. The van der Waals surface area contributed by atoms with E-state index in [0.717, 1.165) is 0 Å². The van der Waals surface area contributed by atoms with E-state index in [-0.39, 0.29) is 30.7 Å². The highest BCUT2D eigenvalue weighted by Gasteiger charge is 2.41. The first-order chi connectivity index (χ1) is 12.5. The summed E-state index contributed by atoms with van der Waals surface area (Å²) in [4.78, 5) is 14.3. The van der Waals surface area contributed by atoms with Crippen LogP contribution < -0.4 is 14.2 Å². The number of sulfone groups is 1. The van der Waals surface area contributed by atoms with Crippen molar-refractivity contribution in [2.45, 2.75) is 10.1 Å². The lowest BCUT2D eigenvalue weighted by Gasteiger charge is -2.38. The van der Waals surface area contributed by atoms with E-state index >= 15 is 0 Å². The van der Waals surface area contributed by atoms with Crippen LogP contribution in [0.4, 0.5) is 0 Å². The summed E-state index contributed by atoms with van der Waals surface area (Å²) < 4.78 is 40.9. The Kier molecular flexibility index (Phi) is 3.99. The Balaban J connectivity index is 1.45. The SMILES string of the molecule is COc1ccc(S(=O)(=O)C2CN(C(=O)c3ccc4c(c3)OCO4)C2)cc1. The normalized spacial score (nSPS) is 16.3. The van der Waals surface area contributed by atoms with Crippen molar-refractivity contribution in [2.24, 2.45) is 0 Å². The van der Waals surface area contributed by atoms with E-state index < -0.39 is 15.1 Å². The summed E-state index contributed by atoms with van der Waals surface area (Å²) in [5, 5.41) is -0.603. The fourth-order valence-corrected chi connectivity index (χ4v) is 4.62. The van der Waals surface area contributed by atoms with E-state index in [1.807, 2.05) is 0 Å². The predicted octanol–water partition coefficient (Wildman–Crippen LogP) is 1.72. The largest absolute Gasteiger partial charge is 0.497 e. The predicted molar refractivity (Wildman–Crippen MR) is 92.4 cm³/mol. The monoisotopic (exact) mass is 375 g/mol. The smallest absolute Gasteiger partial charge is 0.254 e. The highest BCUT2D eigenvalue weighted by molar-refractivity contribution is 7.92. The molecule has 2 aliphatic heterocycles. The molecule has 0 aromatic heterocycles. The highest BCUT2D eigenvalue weighted by Crippen LogP contribution is 2.33. The van der Waals surface area contributed by atoms with Crippen LogP contribution in [0.2, 0.25) is 0 Å². The van der Waals surface area contributed by atoms with Gasteiger partial charge in [-0.15, -0.1) is 0 Å². The fraction of sp³-hybridized carbons (Fsp3) is 0.278. The lowest BCUT2D eigenvalue weighted by atomic mass is 10.1. The van der Waals surface area contributed by atoms with Gasteiger partial charge in [-0.2, -0.15) is 0 Å². The molecular weight excluding hydrogens is 358 g/mol. The minimum atomic E-state index is -3.48. The molecule has 1 saturated heterocycles. The molecule has 8 heteroatoms. The Morgan fingerprint density at radius 1 is 1.08 bits per heavy atom. The molecular formula is C18H17NO6S. The standard InChI is InChI=1S/C18H17NO6S/c1-23-13-3-5-14(6-4-13)26(21,22)15-9-19(10-15)18(20)12-2-7-16-17(8-12)25-11-24-16/h2-8,15H,9-11H2,1H3. The van der Waals surface area contributed by atoms with Crippen LogP contribution >= 0.6 is 0 Å². The Morgan fingerprint density at radius 2 is 1.77 bits per heavy atom. The highest BCUT2D eigenvalue weighted by atomic mass is 32.2. The zero-order valence-corrected chi connectivity index (χ0v) is 14.9. The van der Waals surface area contributed by atoms with Crippen molar-refractivity contribution in [3.63, 3.8) is 0 Å². The van der Waals surface area contributed by atoms with Crippen molar-refractivity contribution in [1.82, 2.24) is 4.90 Å². The molecule has 0 atom stereocenters. The van der Waals surface area contributed by atoms with Gasteiger partial charge in [0.05, 0.1) is 12.0 Å². The Hall–Kier alpha value is -2.74. The first-order valence-corrected chi connectivity index (χ1v) is 9.60. The van der Waals surface area contributed by atoms with Gasteiger partial charge in [-0.25, -0.2) is 8.42 Å². The molecule has 2 aliphatic rings. The number of rotatable bonds is 4. The number of methoxy groups -OCH3 is 1. The van der Waals surface area contributed by atoms with Gasteiger partial charge in [0.2, 0.25) is 6.79 Å². The molecule has 0 N–H and O–H groups in total. The van der Waals surface area contributed by atoms with Crippen LogP contribution in [-0.2, 0) is 9.84 Å². The molecule has 1 amide bonds. The van der Waals surface area contributed by atoms with Gasteiger partial charge < -0.3 is 19.1 Å². The summed E-state index contributed by atoms with van der Waals surface area (Å²) in [6.45, 7) is 0.474. The van der Waals surface area contributed by atoms with Crippen LogP contribution in [-0.4, -0.2) is 51.5 Å². The summed E-state index contributed by atoms with van der Waals surface area (Å²) in [6.07, 6.45) is 0. The minimum absolute atomic E-state index is 0.138. The molecule has 0 unspecified atom stereocenters. The zero-order chi connectivity index (χ0) is 18.3. The van der Waals surface area contributed by atoms with Crippen molar-refractivity contribution < 1.29 is 27.4 Å². The van der Waals surface area contributed by atoms with Crippen molar-refractivity contribution in [3.8, 4) is 17.2 Å². The number of likely N-dealkylation sites (tertiary alicyclic amines) is 1. The summed E-state index contributed by atoms with van der Waals surface area (Å²) in [5.74, 6) is 1.51. The van der Waals surface area contributed by atoms with E-state index in [1.165, 1.54) is 24.1 Å². The third kappa shape index (κ3) is 2.76. The number of hydrogen-bond donors (Lipinski definition) is 0. The van der Waals surface area contributed by atoms with Crippen LogP contribution in [0.1, 0.15) is 10.4 Å². The van der Waals surface area contributed by atoms with Gasteiger partial charge in [-0.05, 0) is 42.5 Å². The maximum absolute atomic E-state index is 12.7. The zero-order valence-electron chi connectivity index (χ0n) is 14.0. The number of carbonyl (C=O) groups is 1. The molecule has 7 nitrogen and oxygen atoms in total. The maximum atomic E-state index is 12.7. The minimum Gasteiger partial charge on any atom is -0.497 e. The second-order valence-electron chi connectivity index (χ2n) is 6.12. The third-order valence-corrected chi connectivity index (χ3v) is 6.69. The van der Waals surface area contributed by atoms with Crippen molar-refractivity contribution in [1.29, 1.82) is 0 Å². The van der Waals surface area contributed by atoms with E-state index in [4.69, 9.17) is 14.2 Å². The quantitative estimate of drug-likeness (QED) is 0.809. The molecule has 0 bridgehead atoms. The van der Waals surface area contributed by atoms with Crippen LogP contribution in [0, 0.1) is 0 Å². The van der Waals surface area contributed by atoms with E-state index in [9.17, 15) is 13.2 Å². The number of benzene rings is 2. The van der Waals surface area contributed by atoms with Crippen molar-refractivity contribution in [2.75, 3.05) is 27.0 Å². The lowest BCUT2D eigenvalue weighted by molar-refractivity contribution is 0.0658. The van der Waals surface area contributed by atoms with Gasteiger partial charge in [0.25, 0.3) is 5.91 Å². The molecule has 0 radical (unpaired) electrons. The number of ether oxygens (including phenoxy) is 3. The molecule has 0 saturated carbocycles. The number of fused-ring (bicyclic) bond motifs is 1. The van der Waals surface area contributed by atoms with Crippen LogP contribution in [0.25, 0.3) is 0 Å². The van der Waals surface area contributed by atoms with E-state index in [2.05, 4.69) is 0 Å². The number of amides is 1. The van der Waals surface area contributed by atoms with Crippen LogP contribution in [0.3, 0.4) is 0 Å². The van der Waals surface area contributed by atoms with Crippen LogP contribution in [0.15, 0.2) is 47.4 Å². The molecule has 1 fully saturated rings. The van der Waals surface area contributed by atoms with Gasteiger partial charge >= 0.3 is 0 Å². The molecule has 136 valence electrons. The Bertz CT molecular complexity index is 948. The summed E-state index contributed by atoms with van der Waals surface area (Å²) in [7, 11) is -1.96. The molecule has 2 aromatic rings. The molecule has 4 rings (SSSR count). The van der Waals surface area contributed by atoms with Crippen molar-refractivity contribution >= 4 is 15.7 Å². The lowest BCUT2D eigenvalue weighted by Crippen LogP contribution is -2.56. The topological polar surface area (TPSA) is 82.1 Å². The third-order valence-electron chi connectivity index (χ3n) is 4.58. The van der Waals surface area contributed by atoms with Gasteiger partial charge in [-0.3, -0.25) is 4.79 Å². The van der Waals surface area contributed by atoms with Crippen LogP contribution in [0.5, 0.6) is 17.2 Å². The molecule has 0 aliphatic carbocycles. The second-order valence-corrected chi connectivity index (χ2v) is 8.35. The van der Waals surface area contributed by atoms with Gasteiger partial charge in [0.1, 0.15) is 11.0 Å². The van der Waals surface area contributed by atoms with E-state index in [1.54, 1.807) is 30.3 Å². The number of hydrogen-bond acceptors (Lipinski definition) is 6. The Morgan fingerprint density at radius 3 is 2.46 bits per heavy atom. The van der Waals surface area contributed by atoms with Gasteiger partial charge in [-0.1, -0.05) is 0 Å². The summed E-state index contributed by atoms with van der Waals surface area (Å²) in [5.41, 5.74) is 0.453. The Labute approximate surface area is 151 Å². The molecule has 2 heterocycles. The molecule has 0 spiro atoms. The maximum Gasteiger partial charge on any atom is 0.254 e. The van der Waals surface area contributed by atoms with Gasteiger partial charge in [0.15, 0.2) is 21.3 Å².